The number of nitrogens with zero attached hydrogens (tertiary/aromatic N) is 2. The van der Waals surface area contributed by atoms with Crippen LogP contribution in [0.5, 0.6) is 0 Å². The van der Waals surface area contributed by atoms with Crippen molar-refractivity contribution in [2.75, 3.05) is 23.7 Å². The Kier molecular flexibility index (Phi) is 4.27. The van der Waals surface area contributed by atoms with E-state index in [1.54, 1.807) is 0 Å². The maximum absolute atomic E-state index is 12.8. The van der Waals surface area contributed by atoms with Crippen molar-refractivity contribution in [2.45, 2.75) is 58.0 Å². The van der Waals surface area contributed by atoms with Gasteiger partial charge < -0.3 is 15.5 Å². The van der Waals surface area contributed by atoms with E-state index in [4.69, 9.17) is 5.73 Å². The number of anilines is 2. The molecule has 4 nitrogen and oxygen atoms in total. The van der Waals surface area contributed by atoms with Crippen LogP contribution in [0.1, 0.15) is 45.1 Å². The van der Waals surface area contributed by atoms with Crippen molar-refractivity contribution in [1.82, 2.24) is 4.90 Å². The highest BCUT2D eigenvalue weighted by atomic mass is 16.2. The first-order valence-corrected chi connectivity index (χ1v) is 8.51. The van der Waals surface area contributed by atoms with Gasteiger partial charge in [-0.2, -0.15) is 0 Å². The predicted molar refractivity (Wildman–Crippen MR) is 91.0 cm³/mol. The molecule has 2 atom stereocenters. The molecular formula is C18H27N3O. The number of nitrogen functional groups attached to an aromatic ring is 1. The molecule has 22 heavy (non-hydrogen) atoms. The highest BCUT2D eigenvalue weighted by molar-refractivity contribution is 5.83. The van der Waals surface area contributed by atoms with Crippen LogP contribution in [0.25, 0.3) is 0 Å². The minimum absolute atomic E-state index is 0.259. The van der Waals surface area contributed by atoms with E-state index in [-0.39, 0.29) is 5.91 Å². The number of piperidine rings is 1. The van der Waals surface area contributed by atoms with Crippen LogP contribution in [0.3, 0.4) is 0 Å². The van der Waals surface area contributed by atoms with Crippen molar-refractivity contribution in [3.05, 3.63) is 23.8 Å². The second-order valence-electron chi connectivity index (χ2n) is 6.80. The molecule has 0 saturated carbocycles. The van der Waals surface area contributed by atoms with Crippen LogP contribution >= 0.6 is 0 Å². The van der Waals surface area contributed by atoms with Gasteiger partial charge in [0, 0.05) is 30.0 Å². The van der Waals surface area contributed by atoms with Gasteiger partial charge in [0.15, 0.2) is 0 Å². The molecule has 0 aromatic heterocycles. The van der Waals surface area contributed by atoms with Gasteiger partial charge in [-0.1, -0.05) is 6.07 Å². The summed E-state index contributed by atoms with van der Waals surface area (Å²) in [5, 5.41) is 0. The zero-order valence-electron chi connectivity index (χ0n) is 13.7. The lowest BCUT2D eigenvalue weighted by atomic mass is 9.97. The quantitative estimate of drug-likeness (QED) is 0.855. The summed E-state index contributed by atoms with van der Waals surface area (Å²) in [4.78, 5) is 17.2. The second-order valence-corrected chi connectivity index (χ2v) is 6.80. The molecule has 1 fully saturated rings. The van der Waals surface area contributed by atoms with Gasteiger partial charge in [0.2, 0.25) is 5.91 Å². The largest absolute Gasteiger partial charge is 0.398 e. The number of likely N-dealkylation sites (tertiary alicyclic amines) is 1. The highest BCUT2D eigenvalue weighted by Gasteiger charge is 2.30. The van der Waals surface area contributed by atoms with Gasteiger partial charge in [-0.25, -0.2) is 0 Å². The van der Waals surface area contributed by atoms with Crippen molar-refractivity contribution < 1.29 is 4.79 Å². The molecule has 2 unspecified atom stereocenters. The van der Waals surface area contributed by atoms with E-state index in [1.165, 1.54) is 12.0 Å². The molecular weight excluding hydrogens is 274 g/mol. The van der Waals surface area contributed by atoms with Gasteiger partial charge in [-0.3, -0.25) is 4.79 Å². The van der Waals surface area contributed by atoms with Crippen molar-refractivity contribution in [2.24, 2.45) is 0 Å². The summed E-state index contributed by atoms with van der Waals surface area (Å²) < 4.78 is 0. The molecule has 0 aliphatic carbocycles. The third kappa shape index (κ3) is 2.79. The Hall–Kier alpha value is -1.71. The Labute approximate surface area is 133 Å². The summed E-state index contributed by atoms with van der Waals surface area (Å²) in [5.41, 5.74) is 9.31. The number of hydrogen-bond donors (Lipinski definition) is 1. The van der Waals surface area contributed by atoms with E-state index in [1.807, 2.05) is 12.1 Å². The fourth-order valence-corrected chi connectivity index (χ4v) is 4.05. The number of rotatable bonds is 2. The molecule has 120 valence electrons. The molecule has 0 bridgehead atoms. The zero-order valence-corrected chi connectivity index (χ0v) is 13.7. The first-order valence-electron chi connectivity index (χ1n) is 8.51. The summed E-state index contributed by atoms with van der Waals surface area (Å²) in [5.74, 6) is 0.259. The third-order valence-electron chi connectivity index (χ3n) is 5.19. The fraction of sp³-hybridized carbons (Fsp3) is 0.611. The Morgan fingerprint density at radius 2 is 1.95 bits per heavy atom. The molecule has 2 aliphatic rings. The van der Waals surface area contributed by atoms with Crippen LogP contribution in [0.15, 0.2) is 18.2 Å². The smallest absolute Gasteiger partial charge is 0.242 e. The van der Waals surface area contributed by atoms with Crippen molar-refractivity contribution >= 4 is 17.3 Å². The lowest BCUT2D eigenvalue weighted by Crippen LogP contribution is -2.51. The summed E-state index contributed by atoms with van der Waals surface area (Å²) in [6.45, 7) is 5.77. The van der Waals surface area contributed by atoms with Gasteiger partial charge >= 0.3 is 0 Å². The molecule has 2 N–H and O–H groups in total. The van der Waals surface area contributed by atoms with Crippen LogP contribution < -0.4 is 10.6 Å². The lowest BCUT2D eigenvalue weighted by molar-refractivity contribution is -0.135. The Morgan fingerprint density at radius 1 is 1.23 bits per heavy atom. The van der Waals surface area contributed by atoms with Gasteiger partial charge in [0.25, 0.3) is 0 Å². The molecule has 4 heteroatoms. The van der Waals surface area contributed by atoms with Crippen LogP contribution in [-0.4, -0.2) is 36.0 Å². The monoisotopic (exact) mass is 301 g/mol. The van der Waals surface area contributed by atoms with Crippen LogP contribution in [0, 0.1) is 0 Å². The number of carbonyl (C=O) groups excluding carboxylic acids is 1. The molecule has 1 aromatic rings. The van der Waals surface area contributed by atoms with Crippen molar-refractivity contribution in [3.63, 3.8) is 0 Å². The summed E-state index contributed by atoms with van der Waals surface area (Å²) >= 11 is 0. The normalized spacial score (nSPS) is 25.0. The Bertz CT molecular complexity index is 547. The molecule has 0 radical (unpaired) electrons. The maximum atomic E-state index is 12.8. The Morgan fingerprint density at radius 3 is 2.68 bits per heavy atom. The van der Waals surface area contributed by atoms with Crippen LogP contribution in [0.4, 0.5) is 11.4 Å². The molecule has 2 aliphatic heterocycles. The molecule has 1 saturated heterocycles. The number of hydrogen-bond acceptors (Lipinski definition) is 3. The van der Waals surface area contributed by atoms with Crippen molar-refractivity contribution in [1.29, 1.82) is 0 Å². The lowest BCUT2D eigenvalue weighted by Gasteiger charge is -2.41. The number of carbonyl (C=O) groups is 1. The molecule has 1 aromatic carbocycles. The van der Waals surface area contributed by atoms with Gasteiger partial charge in [-0.05, 0) is 63.6 Å². The zero-order chi connectivity index (χ0) is 15.7. The van der Waals surface area contributed by atoms with E-state index in [2.05, 4.69) is 29.7 Å². The first kappa shape index (κ1) is 15.2. The molecule has 1 amide bonds. The topological polar surface area (TPSA) is 49.6 Å². The van der Waals surface area contributed by atoms with Crippen LogP contribution in [-0.2, 0) is 11.2 Å². The maximum Gasteiger partial charge on any atom is 0.242 e. The average Bonchev–Trinajstić information content (AvgIpc) is 2.48. The predicted octanol–water partition coefficient (Wildman–Crippen LogP) is 2.81. The molecule has 2 heterocycles. The number of nitrogens with two attached hydrogens (primary N) is 1. The minimum Gasteiger partial charge on any atom is -0.398 e. The van der Waals surface area contributed by atoms with E-state index in [0.717, 1.165) is 43.6 Å². The van der Waals surface area contributed by atoms with Crippen molar-refractivity contribution in [3.8, 4) is 0 Å². The summed E-state index contributed by atoms with van der Waals surface area (Å²) in [6.07, 6.45) is 5.57. The fourth-order valence-electron chi connectivity index (χ4n) is 4.05. The Balaban J connectivity index is 1.77. The highest BCUT2D eigenvalue weighted by Crippen LogP contribution is 2.31. The second kappa shape index (κ2) is 6.19. The summed E-state index contributed by atoms with van der Waals surface area (Å²) in [6, 6.07) is 6.77. The average molecular weight is 301 g/mol. The SMILES string of the molecule is CC1CCCC(C)N1C(=O)CN1CCCc2c(N)cccc21. The van der Waals surface area contributed by atoms with Crippen LogP contribution in [0.2, 0.25) is 0 Å². The molecule has 0 spiro atoms. The standard InChI is InChI=1S/C18H27N3O/c1-13-6-3-7-14(2)21(13)18(22)12-20-11-5-8-15-16(19)9-4-10-17(15)20/h4,9-10,13-14H,3,5-8,11-12,19H2,1-2H3. The number of amides is 1. The number of benzene rings is 1. The molecule has 3 rings (SSSR count). The van der Waals surface area contributed by atoms with Gasteiger partial charge in [0.05, 0.1) is 6.54 Å². The van der Waals surface area contributed by atoms with E-state index in [9.17, 15) is 4.79 Å². The first-order chi connectivity index (χ1) is 10.6. The summed E-state index contributed by atoms with van der Waals surface area (Å²) in [7, 11) is 0. The van der Waals surface area contributed by atoms with Gasteiger partial charge in [0.1, 0.15) is 0 Å². The van der Waals surface area contributed by atoms with E-state index >= 15 is 0 Å². The third-order valence-corrected chi connectivity index (χ3v) is 5.19. The van der Waals surface area contributed by atoms with E-state index < -0.39 is 0 Å². The number of fused-ring (bicyclic) bond motifs is 1. The minimum atomic E-state index is 0.259. The van der Waals surface area contributed by atoms with E-state index in [0.29, 0.717) is 18.6 Å². The van der Waals surface area contributed by atoms with Gasteiger partial charge in [-0.15, -0.1) is 0 Å².